The van der Waals surface area contributed by atoms with Crippen molar-refractivity contribution in [1.29, 1.82) is 0 Å². The highest BCUT2D eigenvalue weighted by molar-refractivity contribution is 7.99. The molecule has 3 aromatic carbocycles. The molecule has 170 valence electrons. The summed E-state index contributed by atoms with van der Waals surface area (Å²) < 4.78 is 43.5. The van der Waals surface area contributed by atoms with Gasteiger partial charge in [0.25, 0.3) is 0 Å². The molecule has 0 amide bonds. The van der Waals surface area contributed by atoms with Gasteiger partial charge in [-0.15, -0.1) is 10.2 Å². The summed E-state index contributed by atoms with van der Waals surface area (Å²) in [6.07, 6.45) is 0. The zero-order valence-corrected chi connectivity index (χ0v) is 19.8. The van der Waals surface area contributed by atoms with Crippen molar-refractivity contribution in [2.24, 2.45) is 7.05 Å². The van der Waals surface area contributed by atoms with E-state index in [2.05, 4.69) is 14.9 Å². The number of aromatic nitrogens is 3. The topological polar surface area (TPSA) is 76.9 Å². The first kappa shape index (κ1) is 23.2. The van der Waals surface area contributed by atoms with Gasteiger partial charge in [-0.25, -0.2) is 17.5 Å². The van der Waals surface area contributed by atoms with Crippen LogP contribution in [0.1, 0.15) is 16.4 Å². The predicted octanol–water partition coefficient (Wildman–Crippen LogP) is 4.74. The molecule has 1 atom stereocenters. The van der Waals surface area contributed by atoms with Gasteiger partial charge in [-0.2, -0.15) is 0 Å². The third kappa shape index (κ3) is 5.50. The number of halogens is 1. The van der Waals surface area contributed by atoms with E-state index in [1.807, 2.05) is 48.9 Å². The highest BCUT2D eigenvalue weighted by Crippen LogP contribution is 2.35. The average molecular weight is 483 g/mol. The SMILES string of the molecule is Cc1ccc(S(=O)(=O)NC[C@@H](Sc2nnc(-c3ccc(F)cc3)n2C)c2ccccc2)cc1. The zero-order valence-electron chi connectivity index (χ0n) is 18.1. The molecule has 0 aliphatic heterocycles. The molecule has 6 nitrogen and oxygen atoms in total. The monoisotopic (exact) mass is 482 g/mol. The van der Waals surface area contributed by atoms with Gasteiger partial charge in [0.05, 0.1) is 10.1 Å². The fraction of sp³-hybridized carbons (Fsp3) is 0.167. The molecule has 0 saturated carbocycles. The van der Waals surface area contributed by atoms with Gasteiger partial charge < -0.3 is 4.57 Å². The summed E-state index contributed by atoms with van der Waals surface area (Å²) >= 11 is 1.41. The van der Waals surface area contributed by atoms with Gasteiger partial charge in [-0.1, -0.05) is 59.8 Å². The Balaban J connectivity index is 1.57. The Kier molecular flexibility index (Phi) is 6.92. The van der Waals surface area contributed by atoms with E-state index in [9.17, 15) is 12.8 Å². The second-order valence-corrected chi connectivity index (χ2v) is 10.5. The van der Waals surface area contributed by atoms with Crippen LogP contribution in [0.5, 0.6) is 0 Å². The van der Waals surface area contributed by atoms with E-state index in [1.54, 1.807) is 36.4 Å². The predicted molar refractivity (Wildman–Crippen MR) is 128 cm³/mol. The van der Waals surface area contributed by atoms with E-state index < -0.39 is 10.0 Å². The third-order valence-corrected chi connectivity index (χ3v) is 7.88. The maximum Gasteiger partial charge on any atom is 0.240 e. The molecular formula is C24H23FN4O2S2. The number of benzene rings is 3. The lowest BCUT2D eigenvalue weighted by molar-refractivity contribution is 0.581. The van der Waals surface area contributed by atoms with Crippen LogP contribution in [-0.2, 0) is 17.1 Å². The second-order valence-electron chi connectivity index (χ2n) is 7.55. The van der Waals surface area contributed by atoms with Crippen molar-refractivity contribution in [2.75, 3.05) is 6.54 Å². The maximum atomic E-state index is 13.3. The minimum atomic E-state index is -3.67. The normalized spacial score (nSPS) is 12.6. The molecular weight excluding hydrogens is 459 g/mol. The summed E-state index contributed by atoms with van der Waals surface area (Å²) in [6, 6.07) is 22.4. The highest BCUT2D eigenvalue weighted by atomic mass is 32.2. The first-order chi connectivity index (χ1) is 15.8. The molecule has 9 heteroatoms. The fourth-order valence-corrected chi connectivity index (χ4v) is 5.48. The van der Waals surface area contributed by atoms with E-state index in [0.29, 0.717) is 11.0 Å². The Morgan fingerprint density at radius 2 is 1.64 bits per heavy atom. The standard InChI is InChI=1S/C24H23FN4O2S2/c1-17-8-14-21(15-9-17)33(30,31)26-16-22(18-6-4-3-5-7-18)32-24-28-27-23(29(24)2)19-10-12-20(25)13-11-19/h3-15,22,26H,16H2,1-2H3/t22-/m1/s1. The number of sulfonamides is 1. The highest BCUT2D eigenvalue weighted by Gasteiger charge is 2.22. The first-order valence-corrected chi connectivity index (χ1v) is 12.6. The molecule has 4 aromatic rings. The Bertz CT molecular complexity index is 1320. The number of hydrogen-bond acceptors (Lipinski definition) is 5. The molecule has 33 heavy (non-hydrogen) atoms. The van der Waals surface area contributed by atoms with Crippen molar-refractivity contribution in [1.82, 2.24) is 19.5 Å². The molecule has 0 fully saturated rings. The Hall–Kier alpha value is -3.01. The molecule has 0 unspecified atom stereocenters. The number of rotatable bonds is 8. The first-order valence-electron chi connectivity index (χ1n) is 10.3. The van der Waals surface area contributed by atoms with Gasteiger partial charge in [0.2, 0.25) is 10.0 Å². The van der Waals surface area contributed by atoms with Gasteiger partial charge in [0, 0.05) is 19.2 Å². The molecule has 0 radical (unpaired) electrons. The molecule has 0 saturated heterocycles. The summed E-state index contributed by atoms with van der Waals surface area (Å²) in [5, 5.41) is 8.94. The summed E-state index contributed by atoms with van der Waals surface area (Å²) in [4.78, 5) is 0.224. The summed E-state index contributed by atoms with van der Waals surface area (Å²) in [5.74, 6) is 0.282. The molecule has 4 rings (SSSR count). The van der Waals surface area contributed by atoms with Crippen molar-refractivity contribution in [3.05, 3.63) is 95.8 Å². The average Bonchev–Trinajstić information content (AvgIpc) is 3.18. The molecule has 1 aromatic heterocycles. The zero-order chi connectivity index (χ0) is 23.4. The lowest BCUT2D eigenvalue weighted by Crippen LogP contribution is -2.27. The summed E-state index contributed by atoms with van der Waals surface area (Å²) in [7, 11) is -1.83. The minimum absolute atomic E-state index is 0.170. The maximum absolute atomic E-state index is 13.3. The Morgan fingerprint density at radius 1 is 0.970 bits per heavy atom. The fourth-order valence-electron chi connectivity index (χ4n) is 3.28. The molecule has 1 heterocycles. The van der Waals surface area contributed by atoms with Crippen LogP contribution in [0.2, 0.25) is 0 Å². The molecule has 0 aliphatic rings. The number of aryl methyl sites for hydroxylation is 1. The van der Waals surface area contributed by atoms with Crippen LogP contribution >= 0.6 is 11.8 Å². The Labute approximate surface area is 196 Å². The van der Waals surface area contributed by atoms with Crippen molar-refractivity contribution >= 4 is 21.8 Å². The lowest BCUT2D eigenvalue weighted by Gasteiger charge is -2.17. The number of thioether (sulfide) groups is 1. The second kappa shape index (κ2) is 9.86. The van der Waals surface area contributed by atoms with Crippen molar-refractivity contribution < 1.29 is 12.8 Å². The van der Waals surface area contributed by atoms with Gasteiger partial charge in [0.1, 0.15) is 5.82 Å². The van der Waals surface area contributed by atoms with Crippen LogP contribution < -0.4 is 4.72 Å². The van der Waals surface area contributed by atoms with Crippen molar-refractivity contribution in [3.63, 3.8) is 0 Å². The van der Waals surface area contributed by atoms with Gasteiger partial charge in [0.15, 0.2) is 11.0 Å². The third-order valence-electron chi connectivity index (χ3n) is 5.15. The van der Waals surface area contributed by atoms with E-state index >= 15 is 0 Å². The quantitative estimate of drug-likeness (QED) is 0.367. The van der Waals surface area contributed by atoms with Gasteiger partial charge in [-0.05, 0) is 48.9 Å². The van der Waals surface area contributed by atoms with Crippen LogP contribution in [0.25, 0.3) is 11.4 Å². The Morgan fingerprint density at radius 3 is 2.30 bits per heavy atom. The molecule has 0 aliphatic carbocycles. The van der Waals surface area contributed by atoms with Crippen LogP contribution in [0, 0.1) is 12.7 Å². The van der Waals surface area contributed by atoms with E-state index in [1.165, 1.54) is 23.9 Å². The van der Waals surface area contributed by atoms with Crippen LogP contribution in [0.3, 0.4) is 0 Å². The van der Waals surface area contributed by atoms with Crippen LogP contribution in [-0.4, -0.2) is 29.7 Å². The molecule has 0 bridgehead atoms. The van der Waals surface area contributed by atoms with Gasteiger partial charge >= 0.3 is 0 Å². The van der Waals surface area contributed by atoms with Crippen molar-refractivity contribution in [2.45, 2.75) is 22.2 Å². The molecule has 0 spiro atoms. The van der Waals surface area contributed by atoms with E-state index in [0.717, 1.165) is 16.7 Å². The number of hydrogen-bond donors (Lipinski definition) is 1. The van der Waals surface area contributed by atoms with Crippen LogP contribution in [0.4, 0.5) is 4.39 Å². The summed E-state index contributed by atoms with van der Waals surface area (Å²) in [6.45, 7) is 2.08. The smallest absolute Gasteiger partial charge is 0.240 e. The minimum Gasteiger partial charge on any atom is -0.305 e. The molecule has 1 N–H and O–H groups in total. The number of nitrogens with zero attached hydrogens (tertiary/aromatic N) is 3. The summed E-state index contributed by atoms with van der Waals surface area (Å²) in [5.41, 5.74) is 2.70. The van der Waals surface area contributed by atoms with Gasteiger partial charge in [-0.3, -0.25) is 0 Å². The van der Waals surface area contributed by atoms with Crippen molar-refractivity contribution in [3.8, 4) is 11.4 Å². The largest absolute Gasteiger partial charge is 0.305 e. The lowest BCUT2D eigenvalue weighted by atomic mass is 10.1. The number of nitrogens with one attached hydrogen (secondary N) is 1. The van der Waals surface area contributed by atoms with E-state index in [-0.39, 0.29) is 22.5 Å². The van der Waals surface area contributed by atoms with E-state index in [4.69, 9.17) is 0 Å². The van der Waals surface area contributed by atoms with Crippen LogP contribution in [0.15, 0.2) is 88.9 Å².